The van der Waals surface area contributed by atoms with Gasteiger partial charge in [-0.1, -0.05) is 30.3 Å². The van der Waals surface area contributed by atoms with Gasteiger partial charge in [0.1, 0.15) is 12.9 Å². The third-order valence-electron chi connectivity index (χ3n) is 1.98. The standard InChI is InChI=1S/C10H16N.C4H4N2/c1-11(2,3)9-10-7-5-4-6-8-10;1-2-5-4-6-3-1/h4-8H,9H2,1-3H3;1-4H/q+1;. The fourth-order valence-corrected chi connectivity index (χ4v) is 1.38. The van der Waals surface area contributed by atoms with Gasteiger partial charge in [0.25, 0.3) is 0 Å². The molecule has 0 aliphatic carbocycles. The number of aromatic nitrogens is 2. The van der Waals surface area contributed by atoms with E-state index in [1.54, 1.807) is 18.5 Å². The quantitative estimate of drug-likeness (QED) is 0.740. The summed E-state index contributed by atoms with van der Waals surface area (Å²) in [5.41, 5.74) is 1.40. The molecule has 0 N–H and O–H groups in total. The van der Waals surface area contributed by atoms with Gasteiger partial charge in [0.15, 0.2) is 0 Å². The third-order valence-corrected chi connectivity index (χ3v) is 1.98. The number of hydrogen-bond donors (Lipinski definition) is 0. The van der Waals surface area contributed by atoms with E-state index < -0.39 is 0 Å². The first-order valence-corrected chi connectivity index (χ1v) is 5.62. The van der Waals surface area contributed by atoms with Crippen molar-refractivity contribution in [2.75, 3.05) is 21.1 Å². The molecule has 0 aliphatic rings. The number of nitrogens with zero attached hydrogens (tertiary/aromatic N) is 3. The van der Waals surface area contributed by atoms with E-state index in [2.05, 4.69) is 61.4 Å². The summed E-state index contributed by atoms with van der Waals surface area (Å²) in [5, 5.41) is 0. The minimum Gasteiger partial charge on any atom is -0.327 e. The Balaban J connectivity index is 0.000000202. The molecule has 1 heterocycles. The van der Waals surface area contributed by atoms with Crippen molar-refractivity contribution in [1.29, 1.82) is 0 Å². The zero-order valence-corrected chi connectivity index (χ0v) is 10.7. The molecule has 1 aromatic heterocycles. The van der Waals surface area contributed by atoms with Crippen molar-refractivity contribution >= 4 is 0 Å². The zero-order chi connectivity index (χ0) is 12.6. The van der Waals surface area contributed by atoms with E-state index in [0.717, 1.165) is 11.0 Å². The Bertz CT molecular complexity index is 366. The molecule has 3 nitrogen and oxygen atoms in total. The molecule has 0 fully saturated rings. The molecule has 0 aliphatic heterocycles. The van der Waals surface area contributed by atoms with Crippen molar-refractivity contribution in [2.24, 2.45) is 0 Å². The van der Waals surface area contributed by atoms with Crippen LogP contribution in [-0.4, -0.2) is 35.6 Å². The maximum Gasteiger partial charge on any atom is 0.115 e. The van der Waals surface area contributed by atoms with Gasteiger partial charge in [0.05, 0.1) is 21.1 Å². The second-order valence-electron chi connectivity index (χ2n) is 4.84. The average molecular weight is 230 g/mol. The topological polar surface area (TPSA) is 25.8 Å². The van der Waals surface area contributed by atoms with E-state index in [1.807, 2.05) is 0 Å². The van der Waals surface area contributed by atoms with Crippen LogP contribution in [0.3, 0.4) is 0 Å². The van der Waals surface area contributed by atoms with E-state index >= 15 is 0 Å². The van der Waals surface area contributed by atoms with Crippen molar-refractivity contribution in [3.05, 3.63) is 60.7 Å². The maximum atomic E-state index is 3.67. The minimum absolute atomic E-state index is 0.990. The lowest BCUT2D eigenvalue weighted by molar-refractivity contribution is -0.884. The van der Waals surface area contributed by atoms with Gasteiger partial charge in [-0.15, -0.1) is 0 Å². The lowest BCUT2D eigenvalue weighted by atomic mass is 10.2. The van der Waals surface area contributed by atoms with E-state index in [0.29, 0.717) is 0 Å². The van der Waals surface area contributed by atoms with Gasteiger partial charge in [0.2, 0.25) is 0 Å². The van der Waals surface area contributed by atoms with Gasteiger partial charge in [-0.05, 0) is 6.07 Å². The van der Waals surface area contributed by atoms with Crippen molar-refractivity contribution in [3.8, 4) is 0 Å². The molecule has 0 spiro atoms. The molecule has 0 amide bonds. The smallest absolute Gasteiger partial charge is 0.115 e. The molecule has 0 unspecified atom stereocenters. The SMILES string of the molecule is C[N+](C)(C)Cc1ccccc1.c1cncnc1. The van der Waals surface area contributed by atoms with Crippen molar-refractivity contribution < 1.29 is 4.48 Å². The maximum absolute atomic E-state index is 3.67. The Kier molecular flexibility index (Phi) is 5.30. The van der Waals surface area contributed by atoms with E-state index in [1.165, 1.54) is 11.9 Å². The summed E-state index contributed by atoms with van der Waals surface area (Å²) >= 11 is 0. The van der Waals surface area contributed by atoms with Gasteiger partial charge >= 0.3 is 0 Å². The summed E-state index contributed by atoms with van der Waals surface area (Å²) in [6, 6.07) is 12.3. The molecule has 90 valence electrons. The second kappa shape index (κ2) is 6.76. The fraction of sp³-hybridized carbons (Fsp3) is 0.286. The Morgan fingerprint density at radius 2 is 1.47 bits per heavy atom. The molecule has 0 bridgehead atoms. The van der Waals surface area contributed by atoms with Crippen LogP contribution < -0.4 is 0 Å². The number of benzene rings is 1. The molecule has 0 atom stereocenters. The monoisotopic (exact) mass is 230 g/mol. The third kappa shape index (κ3) is 7.19. The molecule has 2 aromatic rings. The van der Waals surface area contributed by atoms with E-state index in [4.69, 9.17) is 0 Å². The van der Waals surface area contributed by atoms with Crippen molar-refractivity contribution in [1.82, 2.24) is 9.97 Å². The van der Waals surface area contributed by atoms with Crippen LogP contribution in [0, 0.1) is 0 Å². The van der Waals surface area contributed by atoms with Crippen molar-refractivity contribution in [2.45, 2.75) is 6.54 Å². The highest BCUT2D eigenvalue weighted by Crippen LogP contribution is 2.05. The molecule has 0 radical (unpaired) electrons. The largest absolute Gasteiger partial charge is 0.327 e. The zero-order valence-electron chi connectivity index (χ0n) is 10.7. The van der Waals surface area contributed by atoms with Crippen LogP contribution in [0.15, 0.2) is 55.1 Å². The van der Waals surface area contributed by atoms with E-state index in [9.17, 15) is 0 Å². The lowest BCUT2D eigenvalue weighted by Crippen LogP contribution is -2.33. The molecule has 17 heavy (non-hydrogen) atoms. The molecular formula is C14H20N3+. The molecular weight excluding hydrogens is 210 g/mol. The first kappa shape index (κ1) is 13.3. The summed E-state index contributed by atoms with van der Waals surface area (Å²) in [7, 11) is 6.60. The van der Waals surface area contributed by atoms with E-state index in [-0.39, 0.29) is 0 Å². The highest BCUT2D eigenvalue weighted by atomic mass is 15.3. The van der Waals surface area contributed by atoms with Crippen LogP contribution in [0.5, 0.6) is 0 Å². The average Bonchev–Trinajstić information content (AvgIpc) is 2.31. The fourth-order valence-electron chi connectivity index (χ4n) is 1.38. The van der Waals surface area contributed by atoms with Crippen molar-refractivity contribution in [3.63, 3.8) is 0 Å². The van der Waals surface area contributed by atoms with Crippen LogP contribution in [0.1, 0.15) is 5.56 Å². The Morgan fingerprint density at radius 1 is 0.882 bits per heavy atom. The first-order valence-electron chi connectivity index (χ1n) is 5.62. The van der Waals surface area contributed by atoms with Gasteiger partial charge < -0.3 is 4.48 Å². The lowest BCUT2D eigenvalue weighted by Gasteiger charge is -2.23. The van der Waals surface area contributed by atoms with Crippen LogP contribution >= 0.6 is 0 Å². The predicted octanol–water partition coefficient (Wildman–Crippen LogP) is 2.37. The molecule has 1 aromatic carbocycles. The predicted molar refractivity (Wildman–Crippen MR) is 70.2 cm³/mol. The number of quaternary nitrogens is 1. The normalized spacial score (nSPS) is 10.3. The van der Waals surface area contributed by atoms with Gasteiger partial charge in [-0.25, -0.2) is 9.97 Å². The second-order valence-corrected chi connectivity index (χ2v) is 4.84. The summed E-state index contributed by atoms with van der Waals surface area (Å²) in [6.45, 7) is 1.10. The molecule has 2 rings (SSSR count). The van der Waals surface area contributed by atoms with Crippen LogP contribution in [0.25, 0.3) is 0 Å². The highest BCUT2D eigenvalue weighted by Gasteiger charge is 2.06. The number of rotatable bonds is 2. The Hall–Kier alpha value is -1.74. The molecule has 3 heteroatoms. The van der Waals surface area contributed by atoms with Crippen LogP contribution in [0.4, 0.5) is 0 Å². The Morgan fingerprint density at radius 3 is 1.82 bits per heavy atom. The molecule has 0 saturated carbocycles. The summed E-state index contributed by atoms with van der Waals surface area (Å²) in [4.78, 5) is 7.35. The Labute approximate surface area is 103 Å². The minimum atomic E-state index is 0.990. The first-order chi connectivity index (χ1) is 8.08. The summed E-state index contributed by atoms with van der Waals surface area (Å²) in [6.07, 6.45) is 4.88. The number of hydrogen-bond acceptors (Lipinski definition) is 2. The molecule has 0 saturated heterocycles. The summed E-state index contributed by atoms with van der Waals surface area (Å²) < 4.78 is 0.990. The van der Waals surface area contributed by atoms with Crippen LogP contribution in [0.2, 0.25) is 0 Å². The van der Waals surface area contributed by atoms with Crippen LogP contribution in [-0.2, 0) is 6.54 Å². The highest BCUT2D eigenvalue weighted by molar-refractivity contribution is 5.13. The summed E-state index contributed by atoms with van der Waals surface area (Å²) in [5.74, 6) is 0. The van der Waals surface area contributed by atoms with Gasteiger partial charge in [0, 0.05) is 18.0 Å². The van der Waals surface area contributed by atoms with Gasteiger partial charge in [-0.3, -0.25) is 0 Å². The van der Waals surface area contributed by atoms with Gasteiger partial charge in [-0.2, -0.15) is 0 Å².